The number of carbonyl (C=O) groups is 1. The molecule has 1 aromatic rings. The first kappa shape index (κ1) is 16.8. The van der Waals surface area contributed by atoms with E-state index in [9.17, 15) is 26.4 Å². The Labute approximate surface area is 126 Å². The summed E-state index contributed by atoms with van der Waals surface area (Å²) in [6, 6.07) is 3.60. The number of nitrogens with zero attached hydrogens (tertiary/aromatic N) is 1. The Balaban J connectivity index is 2.32. The van der Waals surface area contributed by atoms with Crippen molar-refractivity contribution in [3.05, 3.63) is 35.4 Å². The molecule has 0 saturated carbocycles. The fraction of sp³-hybridized carbons (Fsp3) is 0.462. The van der Waals surface area contributed by atoms with Crippen LogP contribution in [0.3, 0.4) is 0 Å². The number of sulfonamides is 1. The van der Waals surface area contributed by atoms with Crippen LogP contribution in [0.25, 0.3) is 0 Å². The molecule has 1 amide bonds. The molecule has 1 aliphatic heterocycles. The van der Waals surface area contributed by atoms with Crippen LogP contribution in [-0.4, -0.2) is 37.8 Å². The summed E-state index contributed by atoms with van der Waals surface area (Å²) in [6.45, 7) is 1.59. The third-order valence-corrected chi connectivity index (χ3v) is 5.35. The molecule has 9 heteroatoms. The Kier molecular flexibility index (Phi) is 4.48. The summed E-state index contributed by atoms with van der Waals surface area (Å²) in [6.07, 6.45) is -4.63. The van der Waals surface area contributed by atoms with Gasteiger partial charge in [-0.05, 0) is 18.6 Å². The molecule has 2 rings (SSSR count). The van der Waals surface area contributed by atoms with Gasteiger partial charge in [0.1, 0.15) is 6.04 Å². The van der Waals surface area contributed by atoms with E-state index in [4.69, 9.17) is 0 Å². The Bertz CT molecular complexity index is 673. The van der Waals surface area contributed by atoms with Gasteiger partial charge in [-0.25, -0.2) is 8.42 Å². The molecule has 22 heavy (non-hydrogen) atoms. The van der Waals surface area contributed by atoms with Gasteiger partial charge in [-0.1, -0.05) is 18.2 Å². The maximum atomic E-state index is 12.9. The predicted octanol–water partition coefficient (Wildman–Crippen LogP) is 1.36. The lowest BCUT2D eigenvalue weighted by Gasteiger charge is -2.32. The quantitative estimate of drug-likeness (QED) is 0.906. The second-order valence-electron chi connectivity index (χ2n) is 4.99. The van der Waals surface area contributed by atoms with Crippen molar-refractivity contribution in [1.82, 2.24) is 9.62 Å². The SMILES string of the molecule is C[C@@H]1C(=O)NCCN1S(=O)(=O)Cc1ccccc1C(F)(F)F. The zero-order valence-corrected chi connectivity index (χ0v) is 12.5. The Morgan fingerprint density at radius 1 is 1.32 bits per heavy atom. The first-order valence-corrected chi connectivity index (χ1v) is 8.16. The van der Waals surface area contributed by atoms with Crippen LogP contribution in [0.2, 0.25) is 0 Å². The van der Waals surface area contributed by atoms with E-state index in [0.29, 0.717) is 0 Å². The predicted molar refractivity (Wildman–Crippen MR) is 73.2 cm³/mol. The van der Waals surface area contributed by atoms with Crippen LogP contribution >= 0.6 is 0 Å². The van der Waals surface area contributed by atoms with E-state index >= 15 is 0 Å². The van der Waals surface area contributed by atoms with Gasteiger partial charge in [-0.3, -0.25) is 4.79 Å². The molecule has 0 aromatic heterocycles. The second-order valence-corrected chi connectivity index (χ2v) is 6.91. The van der Waals surface area contributed by atoms with Crippen LogP contribution in [0.5, 0.6) is 0 Å². The number of piperazine rings is 1. The Morgan fingerprint density at radius 3 is 2.59 bits per heavy atom. The van der Waals surface area contributed by atoms with Gasteiger partial charge in [0.2, 0.25) is 15.9 Å². The highest BCUT2D eigenvalue weighted by molar-refractivity contribution is 7.88. The molecule has 1 saturated heterocycles. The minimum absolute atomic E-state index is 0.0451. The van der Waals surface area contributed by atoms with E-state index < -0.39 is 39.5 Å². The first-order chi connectivity index (χ1) is 10.1. The van der Waals surface area contributed by atoms with Crippen LogP contribution in [0.1, 0.15) is 18.1 Å². The lowest BCUT2D eigenvalue weighted by Crippen LogP contribution is -2.55. The fourth-order valence-electron chi connectivity index (χ4n) is 2.34. The van der Waals surface area contributed by atoms with E-state index in [0.717, 1.165) is 16.4 Å². The molecule has 0 spiro atoms. The molecule has 0 radical (unpaired) electrons. The van der Waals surface area contributed by atoms with E-state index in [1.807, 2.05) is 0 Å². The summed E-state index contributed by atoms with van der Waals surface area (Å²) in [4.78, 5) is 11.5. The van der Waals surface area contributed by atoms with Gasteiger partial charge < -0.3 is 5.32 Å². The van der Waals surface area contributed by atoms with Gasteiger partial charge in [0.25, 0.3) is 0 Å². The van der Waals surface area contributed by atoms with E-state index in [2.05, 4.69) is 5.32 Å². The van der Waals surface area contributed by atoms with Gasteiger partial charge in [0, 0.05) is 13.1 Å². The highest BCUT2D eigenvalue weighted by Crippen LogP contribution is 2.33. The normalized spacial score (nSPS) is 20.7. The molecule has 1 atom stereocenters. The number of nitrogens with one attached hydrogen (secondary N) is 1. The van der Waals surface area contributed by atoms with Gasteiger partial charge in [-0.2, -0.15) is 17.5 Å². The number of halogens is 3. The molecule has 0 bridgehead atoms. The summed E-state index contributed by atoms with van der Waals surface area (Å²) in [5, 5.41) is 2.51. The van der Waals surface area contributed by atoms with Gasteiger partial charge >= 0.3 is 6.18 Å². The molecule has 122 valence electrons. The fourth-order valence-corrected chi connectivity index (χ4v) is 4.10. The van der Waals surface area contributed by atoms with E-state index in [-0.39, 0.29) is 18.7 Å². The van der Waals surface area contributed by atoms with E-state index in [1.165, 1.54) is 19.1 Å². The number of alkyl halides is 3. The summed E-state index contributed by atoms with van der Waals surface area (Å²) < 4.78 is 64.5. The lowest BCUT2D eigenvalue weighted by molar-refractivity contribution is -0.138. The highest BCUT2D eigenvalue weighted by atomic mass is 32.2. The van der Waals surface area contributed by atoms with Crippen molar-refractivity contribution in [3.8, 4) is 0 Å². The van der Waals surface area contributed by atoms with Crippen molar-refractivity contribution in [2.75, 3.05) is 13.1 Å². The number of hydrogen-bond donors (Lipinski definition) is 1. The summed E-state index contributed by atoms with van der Waals surface area (Å²) >= 11 is 0. The number of rotatable bonds is 3. The van der Waals surface area contributed by atoms with Crippen LogP contribution in [0, 0.1) is 0 Å². The largest absolute Gasteiger partial charge is 0.416 e. The van der Waals surface area contributed by atoms with Crippen molar-refractivity contribution < 1.29 is 26.4 Å². The van der Waals surface area contributed by atoms with Crippen molar-refractivity contribution in [3.63, 3.8) is 0 Å². The van der Waals surface area contributed by atoms with Crippen LogP contribution in [0.4, 0.5) is 13.2 Å². The van der Waals surface area contributed by atoms with Crippen molar-refractivity contribution >= 4 is 15.9 Å². The average molecular weight is 336 g/mol. The number of benzene rings is 1. The van der Waals surface area contributed by atoms with Crippen LogP contribution < -0.4 is 5.32 Å². The van der Waals surface area contributed by atoms with Crippen LogP contribution in [0.15, 0.2) is 24.3 Å². The lowest BCUT2D eigenvalue weighted by atomic mass is 10.1. The Hall–Kier alpha value is -1.61. The number of carbonyl (C=O) groups excluding carboxylic acids is 1. The average Bonchev–Trinajstić information content (AvgIpc) is 2.40. The first-order valence-electron chi connectivity index (χ1n) is 6.55. The van der Waals surface area contributed by atoms with Crippen molar-refractivity contribution in [2.24, 2.45) is 0 Å². The molecule has 1 fully saturated rings. The maximum Gasteiger partial charge on any atom is 0.416 e. The van der Waals surface area contributed by atoms with Gasteiger partial charge in [0.15, 0.2) is 0 Å². The summed E-state index contributed by atoms with van der Waals surface area (Å²) in [5.74, 6) is -1.25. The van der Waals surface area contributed by atoms with Gasteiger partial charge in [-0.15, -0.1) is 0 Å². The number of hydrogen-bond acceptors (Lipinski definition) is 3. The molecule has 0 unspecified atom stereocenters. The third kappa shape index (κ3) is 3.41. The molecular formula is C13H15F3N2O3S. The standard InChI is InChI=1S/C13H15F3N2O3S/c1-9-12(19)17-6-7-18(9)22(20,21)8-10-4-2-3-5-11(10)13(14,15)16/h2-5,9H,6-8H2,1H3,(H,17,19)/t9-/m1/s1. The third-order valence-electron chi connectivity index (χ3n) is 3.46. The molecule has 1 N–H and O–H groups in total. The van der Waals surface area contributed by atoms with E-state index in [1.54, 1.807) is 0 Å². The highest BCUT2D eigenvalue weighted by Gasteiger charge is 2.38. The van der Waals surface area contributed by atoms with Gasteiger partial charge in [0.05, 0.1) is 11.3 Å². The molecule has 5 nitrogen and oxygen atoms in total. The zero-order chi connectivity index (χ0) is 16.5. The molecule has 1 aromatic carbocycles. The number of amides is 1. The summed E-state index contributed by atoms with van der Waals surface area (Å²) in [5.41, 5.74) is -1.30. The maximum absolute atomic E-state index is 12.9. The monoisotopic (exact) mass is 336 g/mol. The van der Waals surface area contributed by atoms with Crippen molar-refractivity contribution in [2.45, 2.75) is 24.9 Å². The summed E-state index contributed by atoms with van der Waals surface area (Å²) in [7, 11) is -4.03. The molecule has 1 aliphatic rings. The molecular weight excluding hydrogens is 321 g/mol. The minimum atomic E-state index is -4.63. The topological polar surface area (TPSA) is 66.5 Å². The molecule has 1 heterocycles. The molecule has 0 aliphatic carbocycles. The minimum Gasteiger partial charge on any atom is -0.353 e. The second kappa shape index (κ2) is 5.88. The zero-order valence-electron chi connectivity index (χ0n) is 11.7. The smallest absolute Gasteiger partial charge is 0.353 e. The van der Waals surface area contributed by atoms with Crippen molar-refractivity contribution in [1.29, 1.82) is 0 Å². The van der Waals surface area contributed by atoms with Crippen LogP contribution in [-0.2, 0) is 26.7 Å². The Morgan fingerprint density at radius 2 is 1.95 bits per heavy atom.